The van der Waals surface area contributed by atoms with Gasteiger partial charge in [0.1, 0.15) is 5.78 Å². The molecule has 1 aliphatic heterocycles. The Morgan fingerprint density at radius 1 is 1.05 bits per heavy atom. The average molecular weight is 281 g/mol. The van der Waals surface area contributed by atoms with Crippen molar-refractivity contribution in [2.45, 2.75) is 84.0 Å². The highest BCUT2D eigenvalue weighted by atomic mass is 16.2. The quantitative estimate of drug-likeness (QED) is 0.459. The summed E-state index contributed by atoms with van der Waals surface area (Å²) in [6.07, 6.45) is 13.6. The molecular weight excluding hydrogens is 250 g/mol. The maximum atomic E-state index is 12.0. The minimum atomic E-state index is -0.349. The minimum absolute atomic E-state index is 0.0443. The van der Waals surface area contributed by atoms with Crippen molar-refractivity contribution in [3.05, 3.63) is 0 Å². The van der Waals surface area contributed by atoms with E-state index in [1.807, 2.05) is 0 Å². The lowest BCUT2D eigenvalue weighted by atomic mass is 9.91. The molecule has 1 heterocycles. The van der Waals surface area contributed by atoms with Crippen LogP contribution < -0.4 is 5.32 Å². The lowest BCUT2D eigenvalue weighted by molar-refractivity contribution is -0.135. The van der Waals surface area contributed by atoms with Gasteiger partial charge in [0.15, 0.2) is 0 Å². The molecule has 20 heavy (non-hydrogen) atoms. The van der Waals surface area contributed by atoms with E-state index < -0.39 is 0 Å². The summed E-state index contributed by atoms with van der Waals surface area (Å²) >= 11 is 0. The number of hydrogen-bond donors (Lipinski definition) is 1. The number of carbonyl (C=O) groups is 2. The van der Waals surface area contributed by atoms with Crippen LogP contribution >= 0.6 is 0 Å². The minimum Gasteiger partial charge on any atom is -0.355 e. The maximum absolute atomic E-state index is 12.0. The number of piperidine rings is 1. The van der Waals surface area contributed by atoms with Gasteiger partial charge < -0.3 is 5.32 Å². The van der Waals surface area contributed by atoms with E-state index in [0.717, 1.165) is 32.2 Å². The van der Waals surface area contributed by atoms with Crippen molar-refractivity contribution in [2.24, 2.45) is 5.92 Å². The van der Waals surface area contributed by atoms with Gasteiger partial charge in [-0.2, -0.15) is 0 Å². The molecule has 1 fully saturated rings. The standard InChI is InChI=1S/C17H31NO2/c1-2-3-4-5-6-7-8-9-10-13-16(19)15-12-11-14-18-17(15)20/h15H,2-14H2,1H3,(H,18,20). The van der Waals surface area contributed by atoms with Crippen molar-refractivity contribution >= 4 is 11.7 Å². The van der Waals surface area contributed by atoms with Crippen LogP contribution in [0.4, 0.5) is 0 Å². The molecule has 1 N–H and O–H groups in total. The highest BCUT2D eigenvalue weighted by Gasteiger charge is 2.27. The molecule has 0 bridgehead atoms. The van der Waals surface area contributed by atoms with Crippen molar-refractivity contribution in [1.29, 1.82) is 0 Å². The molecule has 3 nitrogen and oxygen atoms in total. The zero-order valence-electron chi connectivity index (χ0n) is 13.1. The van der Waals surface area contributed by atoms with E-state index >= 15 is 0 Å². The number of nitrogens with one attached hydrogen (secondary N) is 1. The summed E-state index contributed by atoms with van der Waals surface area (Å²) < 4.78 is 0. The third-order valence-corrected chi connectivity index (χ3v) is 4.20. The molecule has 0 aromatic rings. The molecule has 0 radical (unpaired) electrons. The van der Waals surface area contributed by atoms with Crippen LogP contribution in [0.1, 0.15) is 84.0 Å². The molecule has 1 rings (SSSR count). The molecule has 1 atom stereocenters. The first kappa shape index (κ1) is 17.2. The van der Waals surface area contributed by atoms with Crippen LogP contribution in [0.25, 0.3) is 0 Å². The average Bonchev–Trinajstić information content (AvgIpc) is 2.46. The third-order valence-electron chi connectivity index (χ3n) is 4.20. The lowest BCUT2D eigenvalue weighted by Gasteiger charge is -2.20. The monoisotopic (exact) mass is 281 g/mol. The van der Waals surface area contributed by atoms with Crippen LogP contribution in [0.5, 0.6) is 0 Å². The smallest absolute Gasteiger partial charge is 0.230 e. The van der Waals surface area contributed by atoms with Crippen molar-refractivity contribution in [2.75, 3.05) is 6.54 Å². The molecule has 1 unspecified atom stereocenters. The molecule has 0 aliphatic carbocycles. The zero-order valence-corrected chi connectivity index (χ0v) is 13.1. The molecule has 0 saturated carbocycles. The van der Waals surface area contributed by atoms with Gasteiger partial charge in [-0.1, -0.05) is 58.3 Å². The number of amides is 1. The molecule has 0 spiro atoms. The molecule has 3 heteroatoms. The highest BCUT2D eigenvalue weighted by molar-refractivity contribution is 6.01. The Labute approximate surface area is 123 Å². The fraction of sp³-hybridized carbons (Fsp3) is 0.882. The molecule has 1 aliphatic rings. The zero-order chi connectivity index (χ0) is 14.6. The fourth-order valence-corrected chi connectivity index (χ4v) is 2.86. The molecule has 0 aromatic carbocycles. The number of ketones is 1. The Kier molecular flexibility index (Phi) is 9.35. The van der Waals surface area contributed by atoms with Crippen molar-refractivity contribution in [3.8, 4) is 0 Å². The SMILES string of the molecule is CCCCCCCCCCCC(=O)C1CCCNC1=O. The van der Waals surface area contributed by atoms with E-state index in [0.29, 0.717) is 6.42 Å². The third kappa shape index (κ3) is 7.06. The first-order chi connectivity index (χ1) is 9.75. The summed E-state index contributed by atoms with van der Waals surface area (Å²) in [6, 6.07) is 0. The number of unbranched alkanes of at least 4 members (excludes halogenated alkanes) is 8. The number of hydrogen-bond acceptors (Lipinski definition) is 2. The van der Waals surface area contributed by atoms with E-state index in [1.165, 1.54) is 44.9 Å². The van der Waals surface area contributed by atoms with Gasteiger partial charge in [0.25, 0.3) is 0 Å². The second kappa shape index (κ2) is 10.9. The van der Waals surface area contributed by atoms with Crippen LogP contribution in [0.2, 0.25) is 0 Å². The van der Waals surface area contributed by atoms with Gasteiger partial charge in [-0.25, -0.2) is 0 Å². The molecule has 1 amide bonds. The van der Waals surface area contributed by atoms with Crippen molar-refractivity contribution in [1.82, 2.24) is 5.32 Å². The van der Waals surface area contributed by atoms with Gasteiger partial charge in [0.2, 0.25) is 5.91 Å². The fourth-order valence-electron chi connectivity index (χ4n) is 2.86. The molecular formula is C17H31NO2. The van der Waals surface area contributed by atoms with Crippen LogP contribution in [0.15, 0.2) is 0 Å². The summed E-state index contributed by atoms with van der Waals surface area (Å²) in [4.78, 5) is 23.5. The number of Topliss-reactive ketones (excluding diaryl/α,β-unsaturated/α-hetero) is 1. The highest BCUT2D eigenvalue weighted by Crippen LogP contribution is 2.17. The first-order valence-electron chi connectivity index (χ1n) is 8.56. The maximum Gasteiger partial charge on any atom is 0.230 e. The summed E-state index contributed by atoms with van der Waals surface area (Å²) in [7, 11) is 0. The largest absolute Gasteiger partial charge is 0.355 e. The van der Waals surface area contributed by atoms with E-state index in [4.69, 9.17) is 0 Å². The van der Waals surface area contributed by atoms with Crippen molar-refractivity contribution in [3.63, 3.8) is 0 Å². The van der Waals surface area contributed by atoms with Crippen LogP contribution in [-0.2, 0) is 9.59 Å². The Morgan fingerprint density at radius 3 is 2.25 bits per heavy atom. The topological polar surface area (TPSA) is 46.2 Å². The summed E-state index contributed by atoms with van der Waals surface area (Å²) in [5, 5.41) is 2.79. The Morgan fingerprint density at radius 2 is 1.65 bits per heavy atom. The number of rotatable bonds is 11. The van der Waals surface area contributed by atoms with Gasteiger partial charge in [-0.15, -0.1) is 0 Å². The first-order valence-corrected chi connectivity index (χ1v) is 8.56. The predicted molar refractivity (Wildman–Crippen MR) is 82.6 cm³/mol. The Balaban J connectivity index is 1.95. The summed E-state index contributed by atoms with van der Waals surface area (Å²) in [5.41, 5.74) is 0. The second-order valence-corrected chi connectivity index (χ2v) is 6.03. The van der Waals surface area contributed by atoms with Crippen LogP contribution in [0.3, 0.4) is 0 Å². The van der Waals surface area contributed by atoms with Gasteiger partial charge in [-0.3, -0.25) is 9.59 Å². The van der Waals surface area contributed by atoms with Crippen molar-refractivity contribution < 1.29 is 9.59 Å². The lowest BCUT2D eigenvalue weighted by Crippen LogP contribution is -2.40. The van der Waals surface area contributed by atoms with Gasteiger partial charge in [0, 0.05) is 13.0 Å². The summed E-state index contributed by atoms with van der Waals surface area (Å²) in [5.74, 6) is -0.236. The Hall–Kier alpha value is -0.860. The van der Waals surface area contributed by atoms with E-state index in [1.54, 1.807) is 0 Å². The van der Waals surface area contributed by atoms with Gasteiger partial charge in [-0.05, 0) is 19.3 Å². The second-order valence-electron chi connectivity index (χ2n) is 6.03. The van der Waals surface area contributed by atoms with Crippen LogP contribution in [0, 0.1) is 5.92 Å². The van der Waals surface area contributed by atoms with Gasteiger partial charge in [0.05, 0.1) is 5.92 Å². The Bertz CT molecular complexity index is 289. The summed E-state index contributed by atoms with van der Waals surface area (Å²) in [6.45, 7) is 2.98. The van der Waals surface area contributed by atoms with E-state index in [2.05, 4.69) is 12.2 Å². The predicted octanol–water partition coefficient (Wildman–Crippen LogP) is 4.00. The number of carbonyl (C=O) groups excluding carboxylic acids is 2. The molecule has 1 saturated heterocycles. The normalized spacial score (nSPS) is 18.9. The van der Waals surface area contributed by atoms with E-state index in [9.17, 15) is 9.59 Å². The van der Waals surface area contributed by atoms with Gasteiger partial charge >= 0.3 is 0 Å². The molecule has 0 aromatic heterocycles. The van der Waals surface area contributed by atoms with Crippen LogP contribution in [-0.4, -0.2) is 18.2 Å². The molecule has 116 valence electrons. The van der Waals surface area contributed by atoms with E-state index in [-0.39, 0.29) is 17.6 Å².